The molecule has 1 aromatic carbocycles. The molecular weight excluding hydrogens is 362 g/mol. The van der Waals surface area contributed by atoms with E-state index in [1.807, 2.05) is 29.0 Å². The van der Waals surface area contributed by atoms with Crippen LogP contribution in [0.15, 0.2) is 42.9 Å². The highest BCUT2D eigenvalue weighted by Gasteiger charge is 2.17. The van der Waals surface area contributed by atoms with Crippen LogP contribution in [0.5, 0.6) is 0 Å². The van der Waals surface area contributed by atoms with Crippen LogP contribution in [0.3, 0.4) is 0 Å². The number of aryl methyl sites for hydroxylation is 2. The van der Waals surface area contributed by atoms with Crippen LogP contribution in [0.1, 0.15) is 31.4 Å². The van der Waals surface area contributed by atoms with Gasteiger partial charge in [-0.2, -0.15) is 0 Å². The molecule has 1 aliphatic rings. The number of anilines is 2. The number of fused-ring (bicyclic) bond motifs is 1. The first-order chi connectivity index (χ1) is 14.0. The first-order valence-electron chi connectivity index (χ1n) is 10.1. The summed E-state index contributed by atoms with van der Waals surface area (Å²) < 4.78 is 2.01. The van der Waals surface area contributed by atoms with Crippen LogP contribution in [-0.2, 0) is 18.3 Å². The summed E-state index contributed by atoms with van der Waals surface area (Å²) in [4.78, 5) is 24.6. The molecule has 0 saturated carbocycles. The van der Waals surface area contributed by atoms with Crippen molar-refractivity contribution in [3.05, 3.63) is 54.0 Å². The second-order valence-corrected chi connectivity index (χ2v) is 7.59. The summed E-state index contributed by atoms with van der Waals surface area (Å²) in [7, 11) is 4.06. The maximum atomic E-state index is 11.6. The van der Waals surface area contributed by atoms with Gasteiger partial charge in [-0.25, -0.2) is 9.97 Å². The van der Waals surface area contributed by atoms with E-state index >= 15 is 0 Å². The lowest BCUT2D eigenvalue weighted by Gasteiger charge is -2.26. The van der Waals surface area contributed by atoms with Crippen LogP contribution in [0, 0.1) is 0 Å². The van der Waals surface area contributed by atoms with Crippen molar-refractivity contribution in [3.8, 4) is 0 Å². The summed E-state index contributed by atoms with van der Waals surface area (Å²) in [5.74, 6) is 1.04. The average molecular weight is 390 g/mol. The maximum absolute atomic E-state index is 11.6. The third-order valence-corrected chi connectivity index (χ3v) is 5.79. The zero-order chi connectivity index (χ0) is 20.5. The minimum absolute atomic E-state index is 0.143. The van der Waals surface area contributed by atoms with Gasteiger partial charge in [-0.05, 0) is 41.7 Å². The second-order valence-electron chi connectivity index (χ2n) is 7.59. The second kappa shape index (κ2) is 7.70. The molecule has 6 heteroatoms. The Morgan fingerprint density at radius 2 is 2.07 bits per heavy atom. The quantitative estimate of drug-likeness (QED) is 0.678. The molecule has 0 fully saturated rings. The van der Waals surface area contributed by atoms with Crippen LogP contribution in [-0.4, -0.2) is 45.5 Å². The van der Waals surface area contributed by atoms with E-state index in [-0.39, 0.29) is 5.91 Å². The minimum atomic E-state index is 0.143. The Hall–Kier alpha value is -3.15. The van der Waals surface area contributed by atoms with Crippen LogP contribution in [0.25, 0.3) is 16.6 Å². The zero-order valence-corrected chi connectivity index (χ0v) is 17.5. The topological polar surface area (TPSA) is 54.3 Å². The van der Waals surface area contributed by atoms with Gasteiger partial charge in [0.25, 0.3) is 0 Å². The summed E-state index contributed by atoms with van der Waals surface area (Å²) in [5.41, 5.74) is 6.98. The third kappa shape index (κ3) is 3.62. The zero-order valence-electron chi connectivity index (χ0n) is 17.5. The number of amides is 1. The summed E-state index contributed by atoms with van der Waals surface area (Å²) >= 11 is 0. The van der Waals surface area contributed by atoms with E-state index in [2.05, 4.69) is 59.2 Å². The highest BCUT2D eigenvalue weighted by molar-refractivity contribution is 5.80. The molecule has 2 aromatic heterocycles. The predicted molar refractivity (Wildman–Crippen MR) is 117 cm³/mol. The monoisotopic (exact) mass is 389 g/mol. The van der Waals surface area contributed by atoms with E-state index in [0.29, 0.717) is 6.54 Å². The summed E-state index contributed by atoms with van der Waals surface area (Å²) in [5, 5.41) is 0. The lowest BCUT2D eigenvalue weighted by molar-refractivity contribution is -0.128. The lowest BCUT2D eigenvalue weighted by atomic mass is 9.96. The third-order valence-electron chi connectivity index (χ3n) is 5.79. The molecule has 29 heavy (non-hydrogen) atoms. The van der Waals surface area contributed by atoms with Crippen molar-refractivity contribution in [3.63, 3.8) is 0 Å². The summed E-state index contributed by atoms with van der Waals surface area (Å²) in [6, 6.07) is 8.73. The van der Waals surface area contributed by atoms with Gasteiger partial charge in [-0.1, -0.05) is 19.1 Å². The fourth-order valence-corrected chi connectivity index (χ4v) is 3.94. The Labute approximate surface area is 171 Å². The molecule has 0 atom stereocenters. The van der Waals surface area contributed by atoms with Crippen molar-refractivity contribution in [2.75, 3.05) is 25.0 Å². The molecule has 150 valence electrons. The molecule has 1 aliphatic heterocycles. The number of carbonyl (C=O) groups is 1. The maximum Gasteiger partial charge on any atom is 0.219 e. The van der Waals surface area contributed by atoms with Crippen molar-refractivity contribution in [2.45, 2.75) is 26.7 Å². The summed E-state index contributed by atoms with van der Waals surface area (Å²) in [6.45, 7) is 5.30. The van der Waals surface area contributed by atoms with Gasteiger partial charge in [-0.15, -0.1) is 0 Å². The van der Waals surface area contributed by atoms with E-state index < -0.39 is 0 Å². The molecule has 0 bridgehead atoms. The van der Waals surface area contributed by atoms with Gasteiger partial charge >= 0.3 is 0 Å². The van der Waals surface area contributed by atoms with Gasteiger partial charge in [-0.3, -0.25) is 4.79 Å². The van der Waals surface area contributed by atoms with Gasteiger partial charge in [0.1, 0.15) is 11.3 Å². The fraction of sp³-hybridized carbons (Fsp3) is 0.348. The number of carbonyl (C=O) groups excluding carboxylic acids is 1. The number of imidazole rings is 1. The Bertz CT molecular complexity index is 1100. The summed E-state index contributed by atoms with van der Waals surface area (Å²) in [6.07, 6.45) is 7.66. The smallest absolute Gasteiger partial charge is 0.219 e. The SMILES string of the molecule is CCc1cc(C2=CCN(C(C)=O)CC2)ccc1N(C)c1cc2c(cn1)ncn2C. The van der Waals surface area contributed by atoms with Gasteiger partial charge in [0, 0.05) is 45.9 Å². The molecule has 0 N–H and O–H groups in total. The first kappa shape index (κ1) is 19.2. The average Bonchev–Trinajstić information content (AvgIpc) is 3.13. The van der Waals surface area contributed by atoms with Crippen molar-refractivity contribution in [1.29, 1.82) is 0 Å². The van der Waals surface area contributed by atoms with Crippen LogP contribution in [0.2, 0.25) is 0 Å². The number of aromatic nitrogens is 3. The molecule has 0 unspecified atom stereocenters. The molecule has 3 heterocycles. The van der Waals surface area contributed by atoms with Crippen molar-refractivity contribution < 1.29 is 4.79 Å². The van der Waals surface area contributed by atoms with E-state index in [0.717, 1.165) is 41.9 Å². The normalized spacial score (nSPS) is 14.2. The Balaban J connectivity index is 1.64. The Kier molecular flexibility index (Phi) is 5.09. The standard InChI is InChI=1S/C23H27N5O/c1-5-17-12-19(18-8-10-28(11-9-18)16(2)29)6-7-21(17)27(4)23-13-22-20(14-24-23)25-15-26(22)3/h6-8,12-15H,5,9-11H2,1-4H3. The number of nitrogens with zero attached hydrogens (tertiary/aromatic N) is 5. The first-order valence-corrected chi connectivity index (χ1v) is 10.1. The van der Waals surface area contributed by atoms with Crippen molar-refractivity contribution >= 4 is 34.0 Å². The number of pyridine rings is 1. The number of benzene rings is 1. The molecule has 6 nitrogen and oxygen atoms in total. The molecule has 4 rings (SSSR count). The lowest BCUT2D eigenvalue weighted by Crippen LogP contribution is -2.32. The van der Waals surface area contributed by atoms with Gasteiger partial charge in [0.2, 0.25) is 5.91 Å². The molecule has 0 aliphatic carbocycles. The highest BCUT2D eigenvalue weighted by Crippen LogP contribution is 2.32. The van der Waals surface area contributed by atoms with E-state index in [1.54, 1.807) is 6.92 Å². The Morgan fingerprint density at radius 1 is 1.24 bits per heavy atom. The minimum Gasteiger partial charge on any atom is -0.339 e. The van der Waals surface area contributed by atoms with Crippen molar-refractivity contribution in [1.82, 2.24) is 19.4 Å². The largest absolute Gasteiger partial charge is 0.339 e. The fourth-order valence-electron chi connectivity index (χ4n) is 3.94. The molecule has 0 spiro atoms. The highest BCUT2D eigenvalue weighted by atomic mass is 16.2. The molecular formula is C23H27N5O. The molecule has 1 amide bonds. The van der Waals surface area contributed by atoms with E-state index in [9.17, 15) is 4.79 Å². The van der Waals surface area contributed by atoms with Gasteiger partial charge < -0.3 is 14.4 Å². The number of rotatable bonds is 4. The van der Waals surface area contributed by atoms with Crippen LogP contribution < -0.4 is 4.90 Å². The molecule has 0 saturated heterocycles. The van der Waals surface area contributed by atoms with E-state index in [1.165, 1.54) is 16.7 Å². The number of hydrogen-bond acceptors (Lipinski definition) is 4. The molecule has 3 aromatic rings. The van der Waals surface area contributed by atoms with Gasteiger partial charge in [0.15, 0.2) is 0 Å². The van der Waals surface area contributed by atoms with Crippen LogP contribution >= 0.6 is 0 Å². The van der Waals surface area contributed by atoms with Crippen LogP contribution in [0.4, 0.5) is 11.5 Å². The Morgan fingerprint density at radius 3 is 2.76 bits per heavy atom. The predicted octanol–water partition coefficient (Wildman–Crippen LogP) is 3.93. The van der Waals surface area contributed by atoms with Crippen molar-refractivity contribution in [2.24, 2.45) is 7.05 Å². The number of hydrogen-bond donors (Lipinski definition) is 0. The molecule has 0 radical (unpaired) electrons. The van der Waals surface area contributed by atoms with E-state index in [4.69, 9.17) is 0 Å². The van der Waals surface area contributed by atoms with Gasteiger partial charge in [0.05, 0.1) is 18.0 Å².